The van der Waals surface area contributed by atoms with Gasteiger partial charge in [0.25, 0.3) is 0 Å². The molecule has 0 aliphatic rings. The van der Waals surface area contributed by atoms with Gasteiger partial charge >= 0.3 is 6.18 Å². The van der Waals surface area contributed by atoms with Crippen LogP contribution in [0.15, 0.2) is 30.6 Å². The molecule has 0 fully saturated rings. The van der Waals surface area contributed by atoms with Crippen LogP contribution in [0.5, 0.6) is 0 Å². The van der Waals surface area contributed by atoms with Crippen LogP contribution in [0, 0.1) is 0 Å². The summed E-state index contributed by atoms with van der Waals surface area (Å²) in [4.78, 5) is 5.07. The van der Waals surface area contributed by atoms with E-state index in [9.17, 15) is 13.2 Å². The highest BCUT2D eigenvalue weighted by molar-refractivity contribution is 6.00. The van der Waals surface area contributed by atoms with E-state index in [0.29, 0.717) is 22.1 Å². The second kappa shape index (κ2) is 4.36. The molecule has 96 valence electrons. The summed E-state index contributed by atoms with van der Waals surface area (Å²) >= 11 is 0. The Morgan fingerprint density at radius 1 is 1.22 bits per heavy atom. The lowest BCUT2D eigenvalue weighted by Crippen LogP contribution is -2.30. The van der Waals surface area contributed by atoms with Gasteiger partial charge in [-0.2, -0.15) is 13.2 Å². The standard InChI is InChI=1S/C12H12F3N3/c1-18(7-12(13,14)15)11-3-2-10(16)8-4-5-17-6-9(8)11/h2-6H,7,16H2,1H3. The van der Waals surface area contributed by atoms with E-state index in [-0.39, 0.29) is 0 Å². The molecule has 0 aliphatic carbocycles. The highest BCUT2D eigenvalue weighted by atomic mass is 19.4. The quantitative estimate of drug-likeness (QED) is 0.839. The maximum Gasteiger partial charge on any atom is 0.405 e. The molecule has 6 heteroatoms. The lowest BCUT2D eigenvalue weighted by Gasteiger charge is -2.22. The molecule has 2 rings (SSSR count). The van der Waals surface area contributed by atoms with Gasteiger partial charge in [-0.15, -0.1) is 0 Å². The largest absolute Gasteiger partial charge is 0.405 e. The fraction of sp³-hybridized carbons (Fsp3) is 0.250. The zero-order valence-corrected chi connectivity index (χ0v) is 9.70. The zero-order valence-electron chi connectivity index (χ0n) is 9.70. The fourth-order valence-electron chi connectivity index (χ4n) is 1.89. The van der Waals surface area contributed by atoms with Crippen molar-refractivity contribution in [3.05, 3.63) is 30.6 Å². The number of hydrogen-bond acceptors (Lipinski definition) is 3. The van der Waals surface area contributed by atoms with Crippen molar-refractivity contribution < 1.29 is 13.2 Å². The number of hydrogen-bond donors (Lipinski definition) is 1. The summed E-state index contributed by atoms with van der Waals surface area (Å²) in [5.41, 5.74) is 6.77. The second-order valence-electron chi connectivity index (χ2n) is 4.07. The van der Waals surface area contributed by atoms with Crippen LogP contribution in [-0.4, -0.2) is 24.8 Å². The van der Waals surface area contributed by atoms with Gasteiger partial charge in [0.15, 0.2) is 0 Å². The minimum atomic E-state index is -4.25. The monoisotopic (exact) mass is 255 g/mol. The van der Waals surface area contributed by atoms with Crippen LogP contribution in [0.25, 0.3) is 10.8 Å². The van der Waals surface area contributed by atoms with E-state index in [2.05, 4.69) is 4.98 Å². The Kier molecular flexibility index (Phi) is 3.02. The molecule has 1 heterocycles. The van der Waals surface area contributed by atoms with Gasteiger partial charge in [0, 0.05) is 41.6 Å². The van der Waals surface area contributed by atoms with E-state index >= 15 is 0 Å². The van der Waals surface area contributed by atoms with Crippen molar-refractivity contribution in [2.24, 2.45) is 0 Å². The molecule has 2 aromatic rings. The second-order valence-corrected chi connectivity index (χ2v) is 4.07. The fourth-order valence-corrected chi connectivity index (χ4v) is 1.89. The van der Waals surface area contributed by atoms with Crippen molar-refractivity contribution in [2.45, 2.75) is 6.18 Å². The summed E-state index contributed by atoms with van der Waals surface area (Å²) in [6, 6.07) is 4.87. The van der Waals surface area contributed by atoms with Crippen LogP contribution in [0.4, 0.5) is 24.5 Å². The number of nitrogens with zero attached hydrogens (tertiary/aromatic N) is 2. The lowest BCUT2D eigenvalue weighted by molar-refractivity contribution is -0.119. The topological polar surface area (TPSA) is 42.1 Å². The maximum atomic E-state index is 12.4. The molecule has 0 saturated heterocycles. The number of alkyl halides is 3. The van der Waals surface area contributed by atoms with E-state index in [1.165, 1.54) is 13.2 Å². The van der Waals surface area contributed by atoms with Crippen LogP contribution in [0.1, 0.15) is 0 Å². The molecular weight excluding hydrogens is 243 g/mol. The number of fused-ring (bicyclic) bond motifs is 1. The number of anilines is 2. The lowest BCUT2D eigenvalue weighted by atomic mass is 10.1. The first-order valence-electron chi connectivity index (χ1n) is 5.28. The van der Waals surface area contributed by atoms with Gasteiger partial charge in [-0.25, -0.2) is 0 Å². The summed E-state index contributed by atoms with van der Waals surface area (Å²) in [7, 11) is 1.39. The highest BCUT2D eigenvalue weighted by Crippen LogP contribution is 2.31. The number of benzene rings is 1. The SMILES string of the molecule is CN(CC(F)(F)F)c1ccc(N)c2ccncc12. The zero-order chi connectivity index (χ0) is 13.3. The third-order valence-electron chi connectivity index (χ3n) is 2.66. The smallest absolute Gasteiger partial charge is 0.398 e. The third-order valence-corrected chi connectivity index (χ3v) is 2.66. The first-order valence-corrected chi connectivity index (χ1v) is 5.28. The molecule has 0 amide bonds. The average Bonchev–Trinajstić information content (AvgIpc) is 2.27. The van der Waals surface area contributed by atoms with Gasteiger partial charge in [-0.3, -0.25) is 4.98 Å². The Hall–Kier alpha value is -1.98. The Morgan fingerprint density at radius 3 is 2.61 bits per heavy atom. The van der Waals surface area contributed by atoms with E-state index in [1.807, 2.05) is 0 Å². The minimum absolute atomic E-state index is 0.463. The number of rotatable bonds is 2. The number of pyridine rings is 1. The van der Waals surface area contributed by atoms with Crippen LogP contribution in [-0.2, 0) is 0 Å². The van der Waals surface area contributed by atoms with Crippen LogP contribution >= 0.6 is 0 Å². The molecule has 0 atom stereocenters. The predicted octanol–water partition coefficient (Wildman–Crippen LogP) is 2.82. The highest BCUT2D eigenvalue weighted by Gasteiger charge is 2.29. The summed E-state index contributed by atoms with van der Waals surface area (Å²) in [6.45, 7) is -1.01. The summed E-state index contributed by atoms with van der Waals surface area (Å²) < 4.78 is 37.2. The first-order chi connectivity index (χ1) is 8.38. The first kappa shape index (κ1) is 12.5. The number of nitrogen functional groups attached to an aromatic ring is 1. The van der Waals surface area contributed by atoms with Gasteiger partial charge < -0.3 is 10.6 Å². The molecule has 18 heavy (non-hydrogen) atoms. The van der Waals surface area contributed by atoms with Gasteiger partial charge in [-0.05, 0) is 18.2 Å². The normalized spacial score (nSPS) is 11.8. The van der Waals surface area contributed by atoms with Gasteiger partial charge in [0.2, 0.25) is 0 Å². The van der Waals surface area contributed by atoms with Crippen LogP contribution < -0.4 is 10.6 Å². The third kappa shape index (κ3) is 2.47. The van der Waals surface area contributed by atoms with E-state index in [0.717, 1.165) is 4.90 Å². The maximum absolute atomic E-state index is 12.4. The van der Waals surface area contributed by atoms with Crippen LogP contribution in [0.2, 0.25) is 0 Å². The van der Waals surface area contributed by atoms with Crippen molar-refractivity contribution in [3.8, 4) is 0 Å². The molecule has 0 spiro atoms. The van der Waals surface area contributed by atoms with Gasteiger partial charge in [0.1, 0.15) is 6.54 Å². The van der Waals surface area contributed by atoms with Crippen molar-refractivity contribution in [3.63, 3.8) is 0 Å². The molecule has 0 bridgehead atoms. The van der Waals surface area contributed by atoms with E-state index in [1.54, 1.807) is 24.4 Å². The van der Waals surface area contributed by atoms with Gasteiger partial charge in [0.05, 0.1) is 0 Å². The van der Waals surface area contributed by atoms with Crippen molar-refractivity contribution in [1.82, 2.24) is 4.98 Å². The van der Waals surface area contributed by atoms with E-state index < -0.39 is 12.7 Å². The predicted molar refractivity (Wildman–Crippen MR) is 65.5 cm³/mol. The molecule has 3 nitrogen and oxygen atoms in total. The van der Waals surface area contributed by atoms with Crippen LogP contribution in [0.3, 0.4) is 0 Å². The van der Waals surface area contributed by atoms with Gasteiger partial charge in [-0.1, -0.05) is 0 Å². The molecule has 0 radical (unpaired) electrons. The number of nitrogens with two attached hydrogens (primary N) is 1. The number of halogens is 3. The molecule has 0 aliphatic heterocycles. The molecule has 1 aromatic carbocycles. The summed E-state index contributed by atoms with van der Waals surface area (Å²) in [6.07, 6.45) is -1.16. The Morgan fingerprint density at radius 2 is 1.94 bits per heavy atom. The summed E-state index contributed by atoms with van der Waals surface area (Å²) in [5, 5.41) is 1.32. The average molecular weight is 255 g/mol. The molecule has 1 aromatic heterocycles. The van der Waals surface area contributed by atoms with Crippen molar-refractivity contribution >= 4 is 22.1 Å². The minimum Gasteiger partial charge on any atom is -0.398 e. The number of aromatic nitrogens is 1. The molecule has 0 saturated carbocycles. The Bertz CT molecular complexity index is 566. The Balaban J connectivity index is 2.49. The Labute approximate surface area is 102 Å². The van der Waals surface area contributed by atoms with Crippen molar-refractivity contribution in [1.29, 1.82) is 0 Å². The van der Waals surface area contributed by atoms with Crippen molar-refractivity contribution in [2.75, 3.05) is 24.2 Å². The molecule has 0 unspecified atom stereocenters. The molecular formula is C12H12F3N3. The van der Waals surface area contributed by atoms with E-state index in [4.69, 9.17) is 5.73 Å². The molecule has 2 N–H and O–H groups in total. The summed E-state index contributed by atoms with van der Waals surface area (Å²) in [5.74, 6) is 0.